The number of nitrogens with zero attached hydrogens (tertiary/aromatic N) is 1. The summed E-state index contributed by atoms with van der Waals surface area (Å²) in [5.74, 6) is 0. The SMILES string of the molecule is Cc1cc([C@H](N)CC#N)sc1Br. The summed E-state index contributed by atoms with van der Waals surface area (Å²) in [6, 6.07) is 3.95. The highest BCUT2D eigenvalue weighted by atomic mass is 79.9. The van der Waals surface area contributed by atoms with Gasteiger partial charge in [-0.25, -0.2) is 0 Å². The molecule has 64 valence electrons. The highest BCUT2D eigenvalue weighted by molar-refractivity contribution is 9.11. The second kappa shape index (κ2) is 4.04. The molecule has 0 amide bonds. The number of halogens is 1. The molecule has 1 rings (SSSR count). The molecule has 1 heterocycles. The number of rotatable bonds is 2. The van der Waals surface area contributed by atoms with Gasteiger partial charge in [0.2, 0.25) is 0 Å². The van der Waals surface area contributed by atoms with Crippen molar-refractivity contribution in [2.45, 2.75) is 19.4 Å². The van der Waals surface area contributed by atoms with Gasteiger partial charge in [0.25, 0.3) is 0 Å². The number of thiophene rings is 1. The fourth-order valence-electron chi connectivity index (χ4n) is 0.865. The van der Waals surface area contributed by atoms with Crippen LogP contribution in [0.25, 0.3) is 0 Å². The summed E-state index contributed by atoms with van der Waals surface area (Å²) in [7, 11) is 0. The van der Waals surface area contributed by atoms with Crippen LogP contribution >= 0.6 is 27.3 Å². The zero-order valence-corrected chi connectivity index (χ0v) is 9.08. The van der Waals surface area contributed by atoms with E-state index in [1.54, 1.807) is 11.3 Å². The molecule has 2 N–H and O–H groups in total. The van der Waals surface area contributed by atoms with Crippen molar-refractivity contribution in [1.29, 1.82) is 5.26 Å². The van der Waals surface area contributed by atoms with Crippen LogP contribution in [-0.2, 0) is 0 Å². The molecule has 2 nitrogen and oxygen atoms in total. The summed E-state index contributed by atoms with van der Waals surface area (Å²) in [6.45, 7) is 2.02. The second-order valence-corrected chi connectivity index (χ2v) is 4.98. The van der Waals surface area contributed by atoms with Crippen LogP contribution in [-0.4, -0.2) is 0 Å². The topological polar surface area (TPSA) is 49.8 Å². The lowest BCUT2D eigenvalue weighted by molar-refractivity contribution is 0.764. The molecule has 0 aliphatic rings. The third-order valence-electron chi connectivity index (χ3n) is 1.55. The van der Waals surface area contributed by atoms with Crippen molar-refractivity contribution < 1.29 is 0 Å². The average Bonchev–Trinajstić information content (AvgIpc) is 2.33. The fraction of sp³-hybridized carbons (Fsp3) is 0.375. The molecule has 0 bridgehead atoms. The maximum absolute atomic E-state index is 8.44. The van der Waals surface area contributed by atoms with Crippen LogP contribution in [0.15, 0.2) is 9.85 Å². The van der Waals surface area contributed by atoms with E-state index in [1.165, 1.54) is 5.56 Å². The van der Waals surface area contributed by atoms with E-state index in [0.29, 0.717) is 6.42 Å². The zero-order valence-electron chi connectivity index (χ0n) is 6.67. The lowest BCUT2D eigenvalue weighted by Gasteiger charge is -2.01. The maximum atomic E-state index is 8.44. The first kappa shape index (κ1) is 9.72. The van der Waals surface area contributed by atoms with Gasteiger partial charge in [-0.05, 0) is 34.5 Å². The predicted octanol–water partition coefficient (Wildman–Crippen LogP) is 2.73. The monoisotopic (exact) mass is 244 g/mol. The molecule has 4 heteroatoms. The molecule has 0 saturated heterocycles. The van der Waals surface area contributed by atoms with Gasteiger partial charge in [0.1, 0.15) is 0 Å². The largest absolute Gasteiger partial charge is 0.322 e. The summed E-state index contributed by atoms with van der Waals surface area (Å²) >= 11 is 5.02. The van der Waals surface area contributed by atoms with Crippen LogP contribution in [0.3, 0.4) is 0 Å². The quantitative estimate of drug-likeness (QED) is 0.870. The number of hydrogen-bond acceptors (Lipinski definition) is 3. The van der Waals surface area contributed by atoms with Gasteiger partial charge in [0, 0.05) is 4.88 Å². The summed E-state index contributed by atoms with van der Waals surface area (Å²) in [5, 5.41) is 8.44. The van der Waals surface area contributed by atoms with E-state index in [-0.39, 0.29) is 6.04 Å². The summed E-state index contributed by atoms with van der Waals surface area (Å²) in [4.78, 5) is 1.07. The van der Waals surface area contributed by atoms with Crippen LogP contribution in [0.1, 0.15) is 22.9 Å². The highest BCUT2D eigenvalue weighted by Gasteiger charge is 2.09. The maximum Gasteiger partial charge on any atom is 0.0731 e. The molecule has 0 aliphatic heterocycles. The fourth-order valence-corrected chi connectivity index (χ4v) is 2.44. The molecule has 1 aromatic heterocycles. The van der Waals surface area contributed by atoms with Crippen molar-refractivity contribution in [3.05, 3.63) is 20.3 Å². The Kier molecular flexibility index (Phi) is 3.27. The molecule has 0 saturated carbocycles. The Hall–Kier alpha value is -0.370. The predicted molar refractivity (Wildman–Crippen MR) is 53.9 cm³/mol. The average molecular weight is 245 g/mol. The lowest BCUT2D eigenvalue weighted by atomic mass is 10.2. The first-order valence-corrected chi connectivity index (χ1v) is 5.14. The summed E-state index contributed by atoms with van der Waals surface area (Å²) < 4.78 is 1.10. The van der Waals surface area contributed by atoms with Gasteiger partial charge in [-0.1, -0.05) is 0 Å². The van der Waals surface area contributed by atoms with Gasteiger partial charge < -0.3 is 5.73 Å². The van der Waals surface area contributed by atoms with E-state index >= 15 is 0 Å². The Bertz CT molecular complexity index is 294. The Morgan fingerprint density at radius 2 is 2.50 bits per heavy atom. The van der Waals surface area contributed by atoms with Crippen LogP contribution in [0.4, 0.5) is 0 Å². The highest BCUT2D eigenvalue weighted by Crippen LogP contribution is 2.31. The first-order valence-electron chi connectivity index (χ1n) is 3.53. The smallest absolute Gasteiger partial charge is 0.0731 e. The van der Waals surface area contributed by atoms with Gasteiger partial charge >= 0.3 is 0 Å². The number of hydrogen-bond donors (Lipinski definition) is 1. The van der Waals surface area contributed by atoms with E-state index in [0.717, 1.165) is 8.66 Å². The van der Waals surface area contributed by atoms with E-state index in [2.05, 4.69) is 22.0 Å². The van der Waals surface area contributed by atoms with Crippen molar-refractivity contribution in [2.75, 3.05) is 0 Å². The number of nitriles is 1. The van der Waals surface area contributed by atoms with Gasteiger partial charge in [0.15, 0.2) is 0 Å². The molecule has 0 spiro atoms. The number of nitrogens with two attached hydrogens (primary N) is 1. The molecule has 1 aromatic rings. The van der Waals surface area contributed by atoms with Gasteiger partial charge in [0.05, 0.1) is 22.3 Å². The standard InChI is InChI=1S/C8H9BrN2S/c1-5-4-7(12-8(5)9)6(11)2-3-10/h4,6H,2,11H2,1H3/t6-/m1/s1. The molecule has 0 aromatic carbocycles. The van der Waals surface area contributed by atoms with Gasteiger partial charge in [-0.2, -0.15) is 5.26 Å². The lowest BCUT2D eigenvalue weighted by Crippen LogP contribution is -2.06. The van der Waals surface area contributed by atoms with Crippen molar-refractivity contribution >= 4 is 27.3 Å². The van der Waals surface area contributed by atoms with Crippen molar-refractivity contribution in [3.63, 3.8) is 0 Å². The minimum atomic E-state index is -0.134. The summed E-state index contributed by atoms with van der Waals surface area (Å²) in [6.07, 6.45) is 0.381. The third-order valence-corrected chi connectivity index (χ3v) is 3.82. The van der Waals surface area contributed by atoms with Crippen molar-refractivity contribution in [3.8, 4) is 6.07 Å². The van der Waals surface area contributed by atoms with Crippen LogP contribution in [0, 0.1) is 18.3 Å². The molecular formula is C8H9BrN2S. The Balaban J connectivity index is 2.83. The molecule has 0 unspecified atom stereocenters. The molecule has 0 radical (unpaired) electrons. The molecule has 0 fully saturated rings. The van der Waals surface area contributed by atoms with E-state index in [1.807, 2.05) is 13.0 Å². The summed E-state index contributed by atoms with van der Waals surface area (Å²) in [5.41, 5.74) is 6.94. The number of aryl methyl sites for hydroxylation is 1. The van der Waals surface area contributed by atoms with Gasteiger partial charge in [-0.15, -0.1) is 11.3 Å². The van der Waals surface area contributed by atoms with Crippen molar-refractivity contribution in [1.82, 2.24) is 0 Å². The van der Waals surface area contributed by atoms with Gasteiger partial charge in [-0.3, -0.25) is 0 Å². The first-order chi connectivity index (χ1) is 5.65. The Labute approximate surface area is 84.1 Å². The molecular weight excluding hydrogens is 236 g/mol. The molecule has 0 aliphatic carbocycles. The van der Waals surface area contributed by atoms with Crippen molar-refractivity contribution in [2.24, 2.45) is 5.73 Å². The van der Waals surface area contributed by atoms with Crippen LogP contribution < -0.4 is 5.73 Å². The minimum absolute atomic E-state index is 0.134. The minimum Gasteiger partial charge on any atom is -0.322 e. The van der Waals surface area contributed by atoms with E-state index in [9.17, 15) is 0 Å². The second-order valence-electron chi connectivity index (χ2n) is 2.57. The Morgan fingerprint density at radius 1 is 1.83 bits per heavy atom. The Morgan fingerprint density at radius 3 is 2.92 bits per heavy atom. The zero-order chi connectivity index (χ0) is 9.14. The molecule has 1 atom stereocenters. The third kappa shape index (κ3) is 2.07. The molecule has 12 heavy (non-hydrogen) atoms. The van der Waals surface area contributed by atoms with Crippen LogP contribution in [0.2, 0.25) is 0 Å². The van der Waals surface area contributed by atoms with E-state index < -0.39 is 0 Å². The van der Waals surface area contributed by atoms with E-state index in [4.69, 9.17) is 11.0 Å². The normalized spacial score (nSPS) is 12.5. The van der Waals surface area contributed by atoms with Crippen LogP contribution in [0.5, 0.6) is 0 Å².